The number of H-pyrrole nitrogens is 1. The van der Waals surface area contributed by atoms with Crippen molar-refractivity contribution in [2.75, 3.05) is 19.0 Å². The number of ether oxygens (including phenoxy) is 1. The number of aromatic nitrogens is 2. The second-order valence-corrected chi connectivity index (χ2v) is 3.39. The van der Waals surface area contributed by atoms with Gasteiger partial charge in [-0.15, -0.1) is 0 Å². The molecule has 0 aromatic carbocycles. The van der Waals surface area contributed by atoms with Gasteiger partial charge in [0.25, 0.3) is 5.56 Å². The Morgan fingerprint density at radius 1 is 1.64 bits per heavy atom. The minimum atomic E-state index is -0.270. The summed E-state index contributed by atoms with van der Waals surface area (Å²) < 4.78 is 4.94. The van der Waals surface area contributed by atoms with Gasteiger partial charge in [-0.25, -0.2) is 4.98 Å². The Morgan fingerprint density at radius 3 is 2.93 bits per heavy atom. The number of methoxy groups -OCH3 is 1. The van der Waals surface area contributed by atoms with Crippen LogP contribution in [-0.4, -0.2) is 23.6 Å². The third kappa shape index (κ3) is 2.48. The molecule has 0 fully saturated rings. The van der Waals surface area contributed by atoms with E-state index in [0.717, 1.165) is 6.54 Å². The van der Waals surface area contributed by atoms with E-state index in [1.807, 2.05) is 0 Å². The van der Waals surface area contributed by atoms with Gasteiger partial charge in [0.2, 0.25) is 5.75 Å². The molecular formula is C9H15N3O2. The topological polar surface area (TPSA) is 67.0 Å². The number of aromatic amines is 1. The second kappa shape index (κ2) is 4.64. The first-order chi connectivity index (χ1) is 6.65. The number of hydrogen-bond donors (Lipinski definition) is 2. The van der Waals surface area contributed by atoms with Gasteiger partial charge in [-0.05, 0) is 5.92 Å². The number of rotatable bonds is 4. The van der Waals surface area contributed by atoms with Crippen molar-refractivity contribution in [3.05, 3.63) is 16.7 Å². The Kier molecular flexibility index (Phi) is 3.50. The van der Waals surface area contributed by atoms with E-state index in [2.05, 4.69) is 29.1 Å². The fraction of sp³-hybridized carbons (Fsp3) is 0.556. The summed E-state index contributed by atoms with van der Waals surface area (Å²) in [6, 6.07) is 0. The van der Waals surface area contributed by atoms with Crippen molar-refractivity contribution in [2.24, 2.45) is 5.92 Å². The minimum Gasteiger partial charge on any atom is -0.489 e. The molecule has 0 unspecified atom stereocenters. The minimum absolute atomic E-state index is 0.230. The van der Waals surface area contributed by atoms with E-state index < -0.39 is 0 Å². The van der Waals surface area contributed by atoms with Gasteiger partial charge in [0.15, 0.2) is 5.82 Å². The molecule has 78 valence electrons. The van der Waals surface area contributed by atoms with Gasteiger partial charge in [0.05, 0.1) is 13.4 Å². The third-order valence-electron chi connectivity index (χ3n) is 1.69. The van der Waals surface area contributed by atoms with Crippen LogP contribution in [0.2, 0.25) is 0 Å². The summed E-state index contributed by atoms with van der Waals surface area (Å²) in [4.78, 5) is 17.7. The standard InChI is InChI=1S/C9H15N3O2/c1-6(2)4-10-8-7(14-3)9(13)12-5-11-8/h5-6H,4H2,1-3H3,(H2,10,11,12,13). The third-order valence-corrected chi connectivity index (χ3v) is 1.69. The van der Waals surface area contributed by atoms with E-state index >= 15 is 0 Å². The van der Waals surface area contributed by atoms with E-state index in [1.54, 1.807) is 0 Å². The Bertz CT molecular complexity index is 346. The first kappa shape index (κ1) is 10.6. The lowest BCUT2D eigenvalue weighted by atomic mass is 10.2. The van der Waals surface area contributed by atoms with Crippen LogP contribution in [-0.2, 0) is 0 Å². The average Bonchev–Trinajstić information content (AvgIpc) is 2.14. The maximum Gasteiger partial charge on any atom is 0.295 e. The molecule has 0 aliphatic carbocycles. The molecule has 0 aliphatic heterocycles. The Labute approximate surface area is 82.5 Å². The molecule has 1 heterocycles. The van der Waals surface area contributed by atoms with E-state index in [0.29, 0.717) is 11.7 Å². The first-order valence-electron chi connectivity index (χ1n) is 4.50. The van der Waals surface area contributed by atoms with Crippen molar-refractivity contribution < 1.29 is 4.74 Å². The van der Waals surface area contributed by atoms with Crippen LogP contribution in [0.25, 0.3) is 0 Å². The first-order valence-corrected chi connectivity index (χ1v) is 4.50. The van der Waals surface area contributed by atoms with Gasteiger partial charge in [0, 0.05) is 6.54 Å². The highest BCUT2D eigenvalue weighted by molar-refractivity contribution is 5.47. The van der Waals surface area contributed by atoms with Crippen LogP contribution >= 0.6 is 0 Å². The maximum absolute atomic E-state index is 11.3. The van der Waals surface area contributed by atoms with Crippen molar-refractivity contribution in [1.29, 1.82) is 0 Å². The van der Waals surface area contributed by atoms with Crippen molar-refractivity contribution in [1.82, 2.24) is 9.97 Å². The zero-order chi connectivity index (χ0) is 10.6. The summed E-state index contributed by atoms with van der Waals surface area (Å²) in [6.07, 6.45) is 1.35. The number of hydrogen-bond acceptors (Lipinski definition) is 4. The molecule has 0 saturated carbocycles. The van der Waals surface area contributed by atoms with Crippen LogP contribution in [0, 0.1) is 5.92 Å². The Morgan fingerprint density at radius 2 is 2.36 bits per heavy atom. The van der Waals surface area contributed by atoms with Crippen molar-refractivity contribution in [2.45, 2.75) is 13.8 Å². The SMILES string of the molecule is COc1c(NCC(C)C)nc[nH]c1=O. The van der Waals surface area contributed by atoms with E-state index in [4.69, 9.17) is 4.74 Å². The van der Waals surface area contributed by atoms with Crippen molar-refractivity contribution in [3.63, 3.8) is 0 Å². The van der Waals surface area contributed by atoms with E-state index in [1.165, 1.54) is 13.4 Å². The van der Waals surface area contributed by atoms with Crippen LogP contribution in [0.5, 0.6) is 5.75 Å². The molecule has 5 heteroatoms. The molecular weight excluding hydrogens is 182 g/mol. The predicted molar refractivity (Wildman–Crippen MR) is 54.7 cm³/mol. The largest absolute Gasteiger partial charge is 0.489 e. The Hall–Kier alpha value is -1.52. The van der Waals surface area contributed by atoms with Gasteiger partial charge < -0.3 is 15.0 Å². The monoisotopic (exact) mass is 197 g/mol. The highest BCUT2D eigenvalue weighted by Gasteiger charge is 2.07. The lowest BCUT2D eigenvalue weighted by molar-refractivity contribution is 0.407. The quantitative estimate of drug-likeness (QED) is 0.750. The number of nitrogens with zero attached hydrogens (tertiary/aromatic N) is 1. The van der Waals surface area contributed by atoms with Gasteiger partial charge in [-0.1, -0.05) is 13.8 Å². The van der Waals surface area contributed by atoms with Crippen LogP contribution in [0.4, 0.5) is 5.82 Å². The number of nitrogens with one attached hydrogen (secondary N) is 2. The molecule has 0 atom stereocenters. The number of anilines is 1. The molecule has 2 N–H and O–H groups in total. The summed E-state index contributed by atoms with van der Waals surface area (Å²) in [7, 11) is 1.45. The highest BCUT2D eigenvalue weighted by Crippen LogP contribution is 2.14. The molecule has 0 amide bonds. The average molecular weight is 197 g/mol. The molecule has 0 aliphatic rings. The molecule has 5 nitrogen and oxygen atoms in total. The van der Waals surface area contributed by atoms with E-state index in [-0.39, 0.29) is 11.3 Å². The predicted octanol–water partition coefficient (Wildman–Crippen LogP) is 0.846. The van der Waals surface area contributed by atoms with Crippen LogP contribution < -0.4 is 15.6 Å². The van der Waals surface area contributed by atoms with Gasteiger partial charge in [-0.2, -0.15) is 0 Å². The normalized spacial score (nSPS) is 10.3. The summed E-state index contributed by atoms with van der Waals surface area (Å²) in [5.74, 6) is 1.21. The van der Waals surface area contributed by atoms with Crippen molar-refractivity contribution in [3.8, 4) is 5.75 Å². The summed E-state index contributed by atoms with van der Waals surface area (Å²) in [5, 5.41) is 3.05. The van der Waals surface area contributed by atoms with Crippen LogP contribution in [0.15, 0.2) is 11.1 Å². The summed E-state index contributed by atoms with van der Waals surface area (Å²) in [6.45, 7) is 4.91. The summed E-state index contributed by atoms with van der Waals surface area (Å²) in [5.41, 5.74) is -0.270. The van der Waals surface area contributed by atoms with Crippen molar-refractivity contribution >= 4 is 5.82 Å². The molecule has 1 aromatic heterocycles. The molecule has 1 rings (SSSR count). The fourth-order valence-electron chi connectivity index (χ4n) is 1.00. The summed E-state index contributed by atoms with van der Waals surface area (Å²) >= 11 is 0. The molecule has 0 bridgehead atoms. The zero-order valence-electron chi connectivity index (χ0n) is 8.63. The molecule has 0 radical (unpaired) electrons. The molecule has 0 saturated heterocycles. The lowest BCUT2D eigenvalue weighted by Crippen LogP contribution is -2.16. The van der Waals surface area contributed by atoms with Crippen LogP contribution in [0.3, 0.4) is 0 Å². The molecule has 1 aromatic rings. The molecule has 14 heavy (non-hydrogen) atoms. The Balaban J connectivity index is 2.85. The van der Waals surface area contributed by atoms with Gasteiger partial charge >= 0.3 is 0 Å². The highest BCUT2D eigenvalue weighted by atomic mass is 16.5. The fourth-order valence-corrected chi connectivity index (χ4v) is 1.00. The zero-order valence-corrected chi connectivity index (χ0v) is 8.63. The molecule has 0 spiro atoms. The van der Waals surface area contributed by atoms with Gasteiger partial charge in [0.1, 0.15) is 0 Å². The second-order valence-electron chi connectivity index (χ2n) is 3.39. The van der Waals surface area contributed by atoms with Gasteiger partial charge in [-0.3, -0.25) is 4.79 Å². The smallest absolute Gasteiger partial charge is 0.295 e. The van der Waals surface area contributed by atoms with Crippen LogP contribution in [0.1, 0.15) is 13.8 Å². The lowest BCUT2D eigenvalue weighted by Gasteiger charge is -2.10. The maximum atomic E-state index is 11.3. The van der Waals surface area contributed by atoms with E-state index in [9.17, 15) is 4.79 Å².